The van der Waals surface area contributed by atoms with Gasteiger partial charge >= 0.3 is 0 Å². The van der Waals surface area contributed by atoms with E-state index in [0.29, 0.717) is 0 Å². The maximum absolute atomic E-state index is 5.79. The summed E-state index contributed by atoms with van der Waals surface area (Å²) in [5.41, 5.74) is 4.05. The Morgan fingerprint density at radius 2 is 2.25 bits per heavy atom. The van der Waals surface area contributed by atoms with Crippen LogP contribution in [0.5, 0.6) is 5.75 Å². The highest BCUT2D eigenvalue weighted by Crippen LogP contribution is 2.38. The van der Waals surface area contributed by atoms with Gasteiger partial charge in [-0.3, -0.25) is 0 Å². The number of fused-ring (bicyclic) bond motifs is 3. The highest BCUT2D eigenvalue weighted by atomic mass is 16.5. The van der Waals surface area contributed by atoms with Gasteiger partial charge in [-0.1, -0.05) is 12.1 Å². The van der Waals surface area contributed by atoms with Gasteiger partial charge in [0.2, 0.25) is 0 Å². The standard InChI is InChI=1S/C13H17NO2/c1-14-8-12-10-3-2-9-4-6-16-13(9)11(10)5-7-15-12/h2-3,12,14H,4-8H2,1H3/t12-/m0/s1. The lowest BCUT2D eigenvalue weighted by Gasteiger charge is -2.27. The third-order valence-corrected chi connectivity index (χ3v) is 3.40. The summed E-state index contributed by atoms with van der Waals surface area (Å²) in [5.74, 6) is 1.14. The van der Waals surface area contributed by atoms with Gasteiger partial charge in [0.15, 0.2) is 0 Å². The molecule has 3 rings (SSSR count). The molecule has 0 aromatic heterocycles. The van der Waals surface area contributed by atoms with Crippen LogP contribution in [0.3, 0.4) is 0 Å². The number of nitrogens with one attached hydrogen (secondary N) is 1. The van der Waals surface area contributed by atoms with Crippen LogP contribution in [0.1, 0.15) is 22.8 Å². The van der Waals surface area contributed by atoms with Crippen LogP contribution in [0.25, 0.3) is 0 Å². The first kappa shape index (κ1) is 10.1. The number of ether oxygens (including phenoxy) is 2. The Morgan fingerprint density at radius 3 is 3.12 bits per heavy atom. The molecule has 16 heavy (non-hydrogen) atoms. The molecular formula is C13H17NO2. The van der Waals surface area contributed by atoms with E-state index < -0.39 is 0 Å². The van der Waals surface area contributed by atoms with Gasteiger partial charge in [-0.15, -0.1) is 0 Å². The van der Waals surface area contributed by atoms with Crippen LogP contribution < -0.4 is 10.1 Å². The SMILES string of the molecule is CNC[C@@H]1OCCc2c1ccc1c2OCC1. The summed E-state index contributed by atoms with van der Waals surface area (Å²) >= 11 is 0. The number of benzene rings is 1. The van der Waals surface area contributed by atoms with Crippen LogP contribution in [0.2, 0.25) is 0 Å². The van der Waals surface area contributed by atoms with Crippen molar-refractivity contribution in [3.8, 4) is 5.75 Å². The summed E-state index contributed by atoms with van der Waals surface area (Å²) in [7, 11) is 1.96. The lowest BCUT2D eigenvalue weighted by atomic mass is 9.94. The molecule has 1 N–H and O–H groups in total. The average molecular weight is 219 g/mol. The molecule has 3 nitrogen and oxygen atoms in total. The second-order valence-corrected chi connectivity index (χ2v) is 4.39. The summed E-state index contributed by atoms with van der Waals surface area (Å²) in [5, 5.41) is 3.18. The first-order chi connectivity index (χ1) is 7.90. The molecule has 0 saturated heterocycles. The Labute approximate surface area is 95.8 Å². The number of hydrogen-bond acceptors (Lipinski definition) is 3. The van der Waals surface area contributed by atoms with E-state index in [1.165, 1.54) is 16.7 Å². The molecule has 0 amide bonds. The van der Waals surface area contributed by atoms with Crippen LogP contribution >= 0.6 is 0 Å². The van der Waals surface area contributed by atoms with E-state index in [9.17, 15) is 0 Å². The highest BCUT2D eigenvalue weighted by Gasteiger charge is 2.26. The third-order valence-electron chi connectivity index (χ3n) is 3.40. The van der Waals surface area contributed by atoms with Crippen molar-refractivity contribution in [1.29, 1.82) is 0 Å². The van der Waals surface area contributed by atoms with Crippen molar-refractivity contribution in [2.24, 2.45) is 0 Å². The van der Waals surface area contributed by atoms with Crippen LogP contribution in [0.15, 0.2) is 12.1 Å². The van der Waals surface area contributed by atoms with E-state index >= 15 is 0 Å². The van der Waals surface area contributed by atoms with Crippen LogP contribution in [-0.2, 0) is 17.6 Å². The molecule has 2 aliphatic heterocycles. The molecule has 86 valence electrons. The molecule has 0 radical (unpaired) electrons. The molecule has 0 bridgehead atoms. The van der Waals surface area contributed by atoms with Crippen molar-refractivity contribution in [1.82, 2.24) is 5.32 Å². The van der Waals surface area contributed by atoms with Gasteiger partial charge in [-0.05, 0) is 24.6 Å². The van der Waals surface area contributed by atoms with Gasteiger partial charge in [-0.25, -0.2) is 0 Å². The monoisotopic (exact) mass is 219 g/mol. The molecule has 0 saturated carbocycles. The van der Waals surface area contributed by atoms with Crippen molar-refractivity contribution in [2.45, 2.75) is 18.9 Å². The van der Waals surface area contributed by atoms with Crippen molar-refractivity contribution >= 4 is 0 Å². The van der Waals surface area contributed by atoms with Crippen molar-refractivity contribution in [2.75, 3.05) is 26.8 Å². The molecule has 1 atom stereocenters. The van der Waals surface area contributed by atoms with E-state index in [1.54, 1.807) is 0 Å². The minimum Gasteiger partial charge on any atom is -0.493 e. The Kier molecular flexibility index (Phi) is 2.58. The van der Waals surface area contributed by atoms with E-state index in [-0.39, 0.29) is 6.10 Å². The van der Waals surface area contributed by atoms with Crippen molar-refractivity contribution < 1.29 is 9.47 Å². The molecule has 0 unspecified atom stereocenters. The number of rotatable bonds is 2. The van der Waals surface area contributed by atoms with Crippen molar-refractivity contribution in [3.05, 3.63) is 28.8 Å². The fraction of sp³-hybridized carbons (Fsp3) is 0.538. The number of hydrogen-bond donors (Lipinski definition) is 1. The van der Waals surface area contributed by atoms with E-state index in [1.807, 2.05) is 7.05 Å². The normalized spacial score (nSPS) is 22.4. The van der Waals surface area contributed by atoms with Crippen LogP contribution in [-0.4, -0.2) is 26.8 Å². The Balaban J connectivity index is 2.02. The maximum atomic E-state index is 5.79. The summed E-state index contributed by atoms with van der Waals surface area (Å²) in [6, 6.07) is 4.41. The van der Waals surface area contributed by atoms with E-state index in [2.05, 4.69) is 17.4 Å². The summed E-state index contributed by atoms with van der Waals surface area (Å²) in [4.78, 5) is 0. The Morgan fingerprint density at radius 1 is 1.31 bits per heavy atom. The van der Waals surface area contributed by atoms with Crippen molar-refractivity contribution in [3.63, 3.8) is 0 Å². The fourth-order valence-electron chi connectivity index (χ4n) is 2.64. The molecule has 2 heterocycles. The lowest BCUT2D eigenvalue weighted by molar-refractivity contribution is 0.0431. The number of likely N-dealkylation sites (N-methyl/N-ethyl adjacent to an activating group) is 1. The zero-order chi connectivity index (χ0) is 11.0. The van der Waals surface area contributed by atoms with Gasteiger partial charge in [0.1, 0.15) is 5.75 Å². The van der Waals surface area contributed by atoms with Gasteiger partial charge in [0, 0.05) is 18.5 Å². The van der Waals surface area contributed by atoms with E-state index in [4.69, 9.17) is 9.47 Å². The zero-order valence-electron chi connectivity index (χ0n) is 9.58. The Bertz CT molecular complexity index is 403. The minimum atomic E-state index is 0.184. The van der Waals surface area contributed by atoms with Gasteiger partial charge in [0.25, 0.3) is 0 Å². The van der Waals surface area contributed by atoms with Gasteiger partial charge in [0.05, 0.1) is 19.3 Å². The molecule has 3 heteroatoms. The summed E-state index contributed by atoms with van der Waals surface area (Å²) in [6.07, 6.45) is 2.22. The summed E-state index contributed by atoms with van der Waals surface area (Å²) in [6.45, 7) is 2.51. The lowest BCUT2D eigenvalue weighted by Crippen LogP contribution is -2.25. The first-order valence-electron chi connectivity index (χ1n) is 5.94. The van der Waals surface area contributed by atoms with E-state index in [0.717, 1.165) is 38.3 Å². The molecule has 1 aromatic carbocycles. The second kappa shape index (κ2) is 4.07. The average Bonchev–Trinajstić information content (AvgIpc) is 2.78. The van der Waals surface area contributed by atoms with Gasteiger partial charge in [-0.2, -0.15) is 0 Å². The summed E-state index contributed by atoms with van der Waals surface area (Å²) < 4.78 is 11.5. The predicted octanol–water partition coefficient (Wildman–Crippen LogP) is 1.45. The zero-order valence-corrected chi connectivity index (χ0v) is 9.58. The largest absolute Gasteiger partial charge is 0.493 e. The molecular weight excluding hydrogens is 202 g/mol. The van der Waals surface area contributed by atoms with Crippen LogP contribution in [0.4, 0.5) is 0 Å². The quantitative estimate of drug-likeness (QED) is 0.816. The molecule has 0 spiro atoms. The Hall–Kier alpha value is -1.06. The third kappa shape index (κ3) is 1.51. The first-order valence-corrected chi connectivity index (χ1v) is 5.94. The maximum Gasteiger partial charge on any atom is 0.126 e. The second-order valence-electron chi connectivity index (χ2n) is 4.39. The molecule has 0 aliphatic carbocycles. The predicted molar refractivity (Wildman–Crippen MR) is 62.0 cm³/mol. The molecule has 2 aliphatic rings. The topological polar surface area (TPSA) is 30.5 Å². The highest BCUT2D eigenvalue weighted by molar-refractivity contribution is 5.50. The molecule has 0 fully saturated rings. The smallest absolute Gasteiger partial charge is 0.126 e. The van der Waals surface area contributed by atoms with Crippen LogP contribution in [0, 0.1) is 0 Å². The molecule has 1 aromatic rings. The fourth-order valence-corrected chi connectivity index (χ4v) is 2.64. The van der Waals surface area contributed by atoms with Gasteiger partial charge < -0.3 is 14.8 Å². The minimum absolute atomic E-state index is 0.184.